The van der Waals surface area contributed by atoms with Gasteiger partial charge in [-0.2, -0.15) is 5.10 Å². The van der Waals surface area contributed by atoms with E-state index in [1.165, 1.54) is 24.0 Å². The fourth-order valence-electron chi connectivity index (χ4n) is 6.72. The molecule has 2 aliphatic heterocycles. The summed E-state index contributed by atoms with van der Waals surface area (Å²) in [5, 5.41) is 21.4. The SMILES string of the molecule is O=CC1c2ccc(C3CC3)cc2C=NN1c1cccc(-c2ncnc3[nH]c(-c4ccc(CN5CCNCC5)cc4)cc23)c1CO. The van der Waals surface area contributed by atoms with Crippen molar-refractivity contribution >= 4 is 29.2 Å². The number of aldehydes is 1. The van der Waals surface area contributed by atoms with E-state index in [1.54, 1.807) is 11.3 Å². The number of piperazine rings is 1. The van der Waals surface area contributed by atoms with E-state index < -0.39 is 6.04 Å². The molecule has 3 aliphatic rings. The minimum atomic E-state index is -0.599. The van der Waals surface area contributed by atoms with E-state index in [-0.39, 0.29) is 6.61 Å². The van der Waals surface area contributed by atoms with Gasteiger partial charge in [-0.1, -0.05) is 48.5 Å². The number of hydrogen-bond acceptors (Lipinski definition) is 8. The molecule has 1 saturated heterocycles. The first-order chi connectivity index (χ1) is 22.2. The zero-order chi connectivity index (χ0) is 30.3. The third-order valence-electron chi connectivity index (χ3n) is 9.31. The number of anilines is 1. The fourth-order valence-corrected chi connectivity index (χ4v) is 6.72. The Bertz CT molecular complexity index is 1910. The summed E-state index contributed by atoms with van der Waals surface area (Å²) in [5.74, 6) is 0.620. The summed E-state index contributed by atoms with van der Waals surface area (Å²) in [7, 11) is 0. The lowest BCUT2D eigenvalue weighted by Gasteiger charge is -2.32. The Kier molecular flexibility index (Phi) is 7.21. The van der Waals surface area contributed by atoms with E-state index in [4.69, 9.17) is 5.10 Å². The minimum Gasteiger partial charge on any atom is -0.392 e. The van der Waals surface area contributed by atoms with E-state index in [0.717, 1.165) is 78.0 Å². The number of rotatable bonds is 8. The summed E-state index contributed by atoms with van der Waals surface area (Å²) < 4.78 is 0. The van der Waals surface area contributed by atoms with Crippen LogP contribution in [0, 0.1) is 0 Å². The second kappa shape index (κ2) is 11.7. The highest BCUT2D eigenvalue weighted by Gasteiger charge is 2.30. The van der Waals surface area contributed by atoms with Gasteiger partial charge in [-0.05, 0) is 59.2 Å². The molecule has 5 aromatic rings. The number of aromatic nitrogens is 3. The number of hydrogen-bond donors (Lipinski definition) is 3. The zero-order valence-corrected chi connectivity index (χ0v) is 25.0. The Hall–Kier alpha value is -4.70. The van der Waals surface area contributed by atoms with Gasteiger partial charge < -0.3 is 20.2 Å². The van der Waals surface area contributed by atoms with Crippen LogP contribution in [0.1, 0.15) is 52.6 Å². The van der Waals surface area contributed by atoms with Gasteiger partial charge >= 0.3 is 0 Å². The van der Waals surface area contributed by atoms with Crippen molar-refractivity contribution in [2.75, 3.05) is 31.2 Å². The van der Waals surface area contributed by atoms with Crippen molar-refractivity contribution in [3.05, 3.63) is 101 Å². The van der Waals surface area contributed by atoms with Crippen LogP contribution in [-0.4, -0.2) is 63.6 Å². The zero-order valence-electron chi connectivity index (χ0n) is 25.0. The second-order valence-corrected chi connectivity index (χ2v) is 12.2. The predicted molar refractivity (Wildman–Crippen MR) is 176 cm³/mol. The first-order valence-electron chi connectivity index (χ1n) is 15.7. The standard InChI is InChI=1S/C36H35N7O2/c44-20-31-29(2-1-3-33(31)43-34(21-45)28-11-10-26(24-8-9-24)16-27(28)18-40-43)35-30-17-32(41-36(30)39-22-38-35)25-6-4-23(5-7-25)19-42-14-12-37-13-15-42/h1-7,10-11,16-18,21-22,24,34,37,44H,8-9,12-15,19-20H2,(H,38,39,41). The van der Waals surface area contributed by atoms with Gasteiger partial charge in [-0.15, -0.1) is 0 Å². The molecule has 0 amide bonds. The number of aliphatic hydroxyl groups excluding tert-OH is 1. The van der Waals surface area contributed by atoms with Gasteiger partial charge in [0.05, 0.1) is 24.2 Å². The maximum atomic E-state index is 12.5. The molecule has 3 aromatic carbocycles. The average Bonchev–Trinajstić information content (AvgIpc) is 3.85. The van der Waals surface area contributed by atoms with Crippen molar-refractivity contribution in [3.63, 3.8) is 0 Å². The molecule has 226 valence electrons. The molecule has 1 unspecified atom stereocenters. The Morgan fingerprint density at radius 3 is 2.60 bits per heavy atom. The van der Waals surface area contributed by atoms with Crippen LogP contribution in [-0.2, 0) is 17.9 Å². The van der Waals surface area contributed by atoms with Crippen LogP contribution in [0.2, 0.25) is 0 Å². The fraction of sp³-hybridized carbons (Fsp3) is 0.278. The molecule has 1 atom stereocenters. The molecule has 4 heterocycles. The molecule has 1 aliphatic carbocycles. The van der Waals surface area contributed by atoms with Crippen LogP contribution in [0.5, 0.6) is 0 Å². The Balaban J connectivity index is 1.12. The summed E-state index contributed by atoms with van der Waals surface area (Å²) in [4.78, 5) is 27.7. The number of aliphatic hydroxyl groups is 1. The van der Waals surface area contributed by atoms with Crippen molar-refractivity contribution in [1.29, 1.82) is 0 Å². The molecule has 3 N–H and O–H groups in total. The molecule has 2 aromatic heterocycles. The highest BCUT2D eigenvalue weighted by Crippen LogP contribution is 2.43. The molecular formula is C36H35N7O2. The largest absolute Gasteiger partial charge is 0.392 e. The summed E-state index contributed by atoms with van der Waals surface area (Å²) in [5.41, 5.74) is 10.0. The predicted octanol–water partition coefficient (Wildman–Crippen LogP) is 5.16. The Morgan fingerprint density at radius 2 is 1.82 bits per heavy atom. The third kappa shape index (κ3) is 5.22. The number of aromatic amines is 1. The lowest BCUT2D eigenvalue weighted by molar-refractivity contribution is -0.109. The van der Waals surface area contributed by atoms with Crippen LogP contribution in [0.3, 0.4) is 0 Å². The number of fused-ring (bicyclic) bond motifs is 2. The first kappa shape index (κ1) is 27.8. The van der Waals surface area contributed by atoms with Gasteiger partial charge in [0, 0.05) is 60.5 Å². The minimum absolute atomic E-state index is 0.242. The molecule has 0 spiro atoms. The van der Waals surface area contributed by atoms with Crippen LogP contribution in [0.15, 0.2) is 78.2 Å². The van der Waals surface area contributed by atoms with Crippen molar-refractivity contribution < 1.29 is 9.90 Å². The van der Waals surface area contributed by atoms with Crippen LogP contribution in [0.25, 0.3) is 33.5 Å². The summed E-state index contributed by atoms with van der Waals surface area (Å²) in [6, 6.07) is 22.3. The molecule has 9 heteroatoms. The van der Waals surface area contributed by atoms with Crippen molar-refractivity contribution in [2.24, 2.45) is 5.10 Å². The van der Waals surface area contributed by atoms with Crippen molar-refractivity contribution in [1.82, 2.24) is 25.2 Å². The monoisotopic (exact) mass is 597 g/mol. The molecule has 45 heavy (non-hydrogen) atoms. The number of carbonyl (C=O) groups excluding carboxylic acids is 1. The van der Waals surface area contributed by atoms with Crippen LogP contribution >= 0.6 is 0 Å². The van der Waals surface area contributed by atoms with Gasteiger partial charge in [0.15, 0.2) is 0 Å². The van der Waals surface area contributed by atoms with E-state index in [0.29, 0.717) is 22.9 Å². The van der Waals surface area contributed by atoms with E-state index >= 15 is 0 Å². The second-order valence-electron chi connectivity index (χ2n) is 12.2. The maximum Gasteiger partial charge on any atom is 0.149 e. The molecule has 8 rings (SSSR count). The lowest BCUT2D eigenvalue weighted by Crippen LogP contribution is -2.42. The molecule has 0 radical (unpaired) electrons. The summed E-state index contributed by atoms with van der Waals surface area (Å²) in [6.45, 7) is 4.91. The molecule has 1 saturated carbocycles. The van der Waals surface area contributed by atoms with Gasteiger partial charge in [0.1, 0.15) is 24.3 Å². The summed E-state index contributed by atoms with van der Waals surface area (Å²) in [6.07, 6.45) is 6.73. The number of nitrogens with one attached hydrogen (secondary N) is 2. The number of carbonyl (C=O) groups is 1. The average molecular weight is 598 g/mol. The van der Waals surface area contributed by atoms with Crippen LogP contribution < -0.4 is 10.3 Å². The van der Waals surface area contributed by atoms with E-state index in [1.807, 2.05) is 24.4 Å². The third-order valence-corrected chi connectivity index (χ3v) is 9.31. The molecule has 9 nitrogen and oxygen atoms in total. The quantitative estimate of drug-likeness (QED) is 0.212. The molecule has 0 bridgehead atoms. The first-order valence-corrected chi connectivity index (χ1v) is 15.7. The molecule has 2 fully saturated rings. The maximum absolute atomic E-state index is 12.5. The van der Waals surface area contributed by atoms with Gasteiger partial charge in [-0.3, -0.25) is 9.91 Å². The highest BCUT2D eigenvalue weighted by atomic mass is 16.3. The van der Waals surface area contributed by atoms with E-state index in [9.17, 15) is 9.90 Å². The topological polar surface area (TPSA) is 110 Å². The number of hydrazone groups is 1. The Morgan fingerprint density at radius 1 is 0.978 bits per heavy atom. The summed E-state index contributed by atoms with van der Waals surface area (Å²) >= 11 is 0. The van der Waals surface area contributed by atoms with Gasteiger partial charge in [-0.25, -0.2) is 9.97 Å². The van der Waals surface area contributed by atoms with Crippen molar-refractivity contribution in [3.8, 4) is 22.5 Å². The van der Waals surface area contributed by atoms with Gasteiger partial charge in [0.2, 0.25) is 0 Å². The Labute approximate surface area is 261 Å². The highest BCUT2D eigenvalue weighted by molar-refractivity contribution is 5.96. The van der Waals surface area contributed by atoms with Crippen LogP contribution in [0.4, 0.5) is 5.69 Å². The normalized spacial score (nSPS) is 18.3. The van der Waals surface area contributed by atoms with E-state index in [2.05, 4.69) is 73.7 Å². The smallest absolute Gasteiger partial charge is 0.149 e. The van der Waals surface area contributed by atoms with Gasteiger partial charge in [0.25, 0.3) is 0 Å². The van der Waals surface area contributed by atoms with Crippen molar-refractivity contribution in [2.45, 2.75) is 38.0 Å². The number of benzene rings is 3. The number of nitrogens with zero attached hydrogens (tertiary/aromatic N) is 5. The lowest BCUT2D eigenvalue weighted by atomic mass is 9.94. The molecular weight excluding hydrogens is 562 g/mol. The number of H-pyrrole nitrogens is 1.